The third-order valence-corrected chi connectivity index (χ3v) is 8.20. The molecular formula is C30H34ClN3O6S. The highest BCUT2D eigenvalue weighted by atomic mass is 35.5. The summed E-state index contributed by atoms with van der Waals surface area (Å²) in [6.07, 6.45) is 1.72. The number of sulfonamides is 1. The molecule has 4 rings (SSSR count). The van der Waals surface area contributed by atoms with Crippen LogP contribution in [0.2, 0.25) is 5.02 Å². The lowest BCUT2D eigenvalue weighted by Crippen LogP contribution is -2.49. The van der Waals surface area contributed by atoms with E-state index in [-0.39, 0.29) is 37.7 Å². The molecule has 2 amide bonds. The van der Waals surface area contributed by atoms with Crippen LogP contribution in [0, 0.1) is 0 Å². The summed E-state index contributed by atoms with van der Waals surface area (Å²) in [6.45, 7) is 1.07. The molecule has 3 aromatic rings. The summed E-state index contributed by atoms with van der Waals surface area (Å²) in [5.41, 5.74) is 2.16. The first-order chi connectivity index (χ1) is 19.7. The van der Waals surface area contributed by atoms with Gasteiger partial charge in [0.25, 0.3) is 0 Å². The van der Waals surface area contributed by atoms with E-state index < -0.39 is 16.1 Å². The molecule has 0 aliphatic carbocycles. The molecule has 1 unspecified atom stereocenters. The van der Waals surface area contributed by atoms with Gasteiger partial charge in [-0.25, -0.2) is 8.42 Å². The number of nitrogens with zero attached hydrogens (tertiary/aromatic N) is 2. The second kappa shape index (κ2) is 13.7. The number of nitrogens with one attached hydrogen (secondary N) is 1. The van der Waals surface area contributed by atoms with Crippen LogP contribution in [0.15, 0.2) is 72.8 Å². The number of carbonyl (C=O) groups is 2. The molecule has 1 aliphatic rings. The first kappa shape index (κ1) is 30.2. The molecule has 0 radical (unpaired) electrons. The highest BCUT2D eigenvalue weighted by Gasteiger charge is 2.30. The first-order valence-electron chi connectivity index (χ1n) is 13.3. The van der Waals surface area contributed by atoms with Crippen LogP contribution in [-0.2, 0) is 32.6 Å². The Kier molecular flexibility index (Phi) is 10.1. The second-order valence-corrected chi connectivity index (χ2v) is 12.1. The maximum atomic E-state index is 13.7. The maximum absolute atomic E-state index is 13.7. The highest BCUT2D eigenvalue weighted by Crippen LogP contribution is 2.34. The number of amides is 2. The van der Waals surface area contributed by atoms with Gasteiger partial charge in [0.2, 0.25) is 21.8 Å². The van der Waals surface area contributed by atoms with Crippen molar-refractivity contribution in [3.05, 3.63) is 88.9 Å². The van der Waals surface area contributed by atoms with Crippen LogP contribution < -0.4 is 19.1 Å². The van der Waals surface area contributed by atoms with E-state index in [9.17, 15) is 18.0 Å². The number of likely N-dealkylation sites (N-methyl/N-ethyl adjacent to an activating group) is 1. The van der Waals surface area contributed by atoms with Crippen molar-refractivity contribution in [3.63, 3.8) is 0 Å². The van der Waals surface area contributed by atoms with Crippen molar-refractivity contribution in [2.45, 2.75) is 31.8 Å². The Morgan fingerprint density at radius 1 is 0.951 bits per heavy atom. The molecule has 41 heavy (non-hydrogen) atoms. The largest absolute Gasteiger partial charge is 0.486 e. The standard InChI is InChI=1S/C30H34ClN3O6S/c1-32-30(36)26(19-22-7-4-3-5-8-22)33(21-23-10-12-24(31)13-11-23)29(35)9-6-16-34(41(2,37)38)25-14-15-27-28(20-25)40-18-17-39-27/h3-5,7-8,10-15,20,26H,6,9,16-19,21H2,1-2H3,(H,32,36). The van der Waals surface area contributed by atoms with Gasteiger partial charge in [0, 0.05) is 44.1 Å². The Labute approximate surface area is 246 Å². The molecule has 0 fully saturated rings. The first-order valence-corrected chi connectivity index (χ1v) is 15.5. The number of benzene rings is 3. The van der Waals surface area contributed by atoms with Gasteiger partial charge in [-0.3, -0.25) is 13.9 Å². The van der Waals surface area contributed by atoms with Gasteiger partial charge < -0.3 is 19.7 Å². The van der Waals surface area contributed by atoms with E-state index >= 15 is 0 Å². The molecule has 0 bridgehead atoms. The van der Waals surface area contributed by atoms with E-state index in [2.05, 4.69) is 5.32 Å². The average molecular weight is 600 g/mol. The van der Waals surface area contributed by atoms with Crippen LogP contribution in [0.4, 0.5) is 5.69 Å². The molecule has 3 aromatic carbocycles. The number of carbonyl (C=O) groups excluding carboxylic acids is 2. The molecule has 1 atom stereocenters. The summed E-state index contributed by atoms with van der Waals surface area (Å²) in [7, 11) is -2.11. The number of anilines is 1. The molecule has 1 aliphatic heterocycles. The van der Waals surface area contributed by atoms with Gasteiger partial charge in [0.15, 0.2) is 11.5 Å². The molecular weight excluding hydrogens is 566 g/mol. The van der Waals surface area contributed by atoms with Crippen LogP contribution in [0.1, 0.15) is 24.0 Å². The third-order valence-electron chi connectivity index (χ3n) is 6.75. The quantitative estimate of drug-likeness (QED) is 0.337. The zero-order valence-corrected chi connectivity index (χ0v) is 24.7. The van der Waals surface area contributed by atoms with Crippen molar-refractivity contribution >= 4 is 39.1 Å². The van der Waals surface area contributed by atoms with E-state index in [1.165, 1.54) is 4.31 Å². The van der Waals surface area contributed by atoms with Crippen LogP contribution in [0.3, 0.4) is 0 Å². The van der Waals surface area contributed by atoms with E-state index in [0.717, 1.165) is 17.4 Å². The monoisotopic (exact) mass is 599 g/mol. The molecule has 1 heterocycles. The summed E-state index contributed by atoms with van der Waals surface area (Å²) in [6, 6.07) is 20.8. The minimum absolute atomic E-state index is 0.0342. The van der Waals surface area contributed by atoms with E-state index in [4.69, 9.17) is 21.1 Å². The molecule has 11 heteroatoms. The topological polar surface area (TPSA) is 105 Å². The van der Waals surface area contributed by atoms with Gasteiger partial charge in [-0.05, 0) is 41.8 Å². The number of halogens is 1. The van der Waals surface area contributed by atoms with Gasteiger partial charge in [0.05, 0.1) is 11.9 Å². The number of hydrogen-bond donors (Lipinski definition) is 1. The summed E-state index contributed by atoms with van der Waals surface area (Å²) in [5.74, 6) is 0.479. The fraction of sp³-hybridized carbons (Fsp3) is 0.333. The summed E-state index contributed by atoms with van der Waals surface area (Å²) in [4.78, 5) is 28.4. The van der Waals surface area contributed by atoms with E-state index in [1.54, 1.807) is 42.3 Å². The molecule has 0 saturated carbocycles. The lowest BCUT2D eigenvalue weighted by molar-refractivity contribution is -0.141. The van der Waals surface area contributed by atoms with Gasteiger partial charge >= 0.3 is 0 Å². The fourth-order valence-electron chi connectivity index (χ4n) is 4.70. The molecule has 9 nitrogen and oxygen atoms in total. The predicted molar refractivity (Wildman–Crippen MR) is 159 cm³/mol. The summed E-state index contributed by atoms with van der Waals surface area (Å²) in [5, 5.41) is 3.26. The summed E-state index contributed by atoms with van der Waals surface area (Å²) < 4.78 is 37.8. The number of hydrogen-bond acceptors (Lipinski definition) is 6. The zero-order valence-electron chi connectivity index (χ0n) is 23.1. The smallest absolute Gasteiger partial charge is 0.242 e. The Hall–Kier alpha value is -3.76. The molecule has 218 valence electrons. The maximum Gasteiger partial charge on any atom is 0.242 e. The zero-order chi connectivity index (χ0) is 29.4. The average Bonchev–Trinajstić information content (AvgIpc) is 2.97. The van der Waals surface area contributed by atoms with Crippen LogP contribution >= 0.6 is 11.6 Å². The van der Waals surface area contributed by atoms with Gasteiger partial charge in [-0.15, -0.1) is 0 Å². The van der Waals surface area contributed by atoms with Crippen molar-refractivity contribution < 1.29 is 27.5 Å². The Bertz CT molecular complexity index is 1450. The SMILES string of the molecule is CNC(=O)C(Cc1ccccc1)N(Cc1ccc(Cl)cc1)C(=O)CCCN(c1ccc2c(c1)OCCO2)S(C)(=O)=O. The Morgan fingerprint density at radius 2 is 1.63 bits per heavy atom. The van der Waals surface area contributed by atoms with E-state index in [1.807, 2.05) is 42.5 Å². The van der Waals surface area contributed by atoms with Crippen molar-refractivity contribution in [1.29, 1.82) is 0 Å². The number of fused-ring (bicyclic) bond motifs is 1. The van der Waals surface area contributed by atoms with E-state index in [0.29, 0.717) is 41.8 Å². The number of rotatable bonds is 12. The number of ether oxygens (including phenoxy) is 2. The predicted octanol–water partition coefficient (Wildman–Crippen LogP) is 4.04. The van der Waals surface area contributed by atoms with Gasteiger partial charge in [-0.2, -0.15) is 0 Å². The van der Waals surface area contributed by atoms with Gasteiger partial charge in [-0.1, -0.05) is 54.1 Å². The second-order valence-electron chi connectivity index (χ2n) is 9.73. The molecule has 1 N–H and O–H groups in total. The third kappa shape index (κ3) is 8.14. The molecule has 0 spiro atoms. The minimum Gasteiger partial charge on any atom is -0.486 e. The van der Waals surface area contributed by atoms with Crippen molar-refractivity contribution in [3.8, 4) is 11.5 Å². The van der Waals surface area contributed by atoms with Crippen molar-refractivity contribution in [2.24, 2.45) is 0 Å². The minimum atomic E-state index is -3.65. The molecule has 0 saturated heterocycles. The highest BCUT2D eigenvalue weighted by molar-refractivity contribution is 7.92. The lowest BCUT2D eigenvalue weighted by Gasteiger charge is -2.31. The Balaban J connectivity index is 1.54. The van der Waals surface area contributed by atoms with Crippen LogP contribution in [0.5, 0.6) is 11.5 Å². The lowest BCUT2D eigenvalue weighted by atomic mass is 10.0. The van der Waals surface area contributed by atoms with Gasteiger partial charge in [0.1, 0.15) is 19.3 Å². The van der Waals surface area contributed by atoms with Crippen LogP contribution in [-0.4, -0.2) is 64.2 Å². The fourth-order valence-corrected chi connectivity index (χ4v) is 5.78. The van der Waals surface area contributed by atoms with Crippen molar-refractivity contribution in [1.82, 2.24) is 10.2 Å². The van der Waals surface area contributed by atoms with Crippen LogP contribution in [0.25, 0.3) is 0 Å². The van der Waals surface area contributed by atoms with Crippen molar-refractivity contribution in [2.75, 3.05) is 37.4 Å². The summed E-state index contributed by atoms with van der Waals surface area (Å²) >= 11 is 6.06. The normalized spacial score (nSPS) is 13.2. The molecule has 0 aromatic heterocycles. The Morgan fingerprint density at radius 3 is 2.29 bits per heavy atom.